The Morgan fingerprint density at radius 3 is 2.20 bits per heavy atom. The van der Waals surface area contributed by atoms with Gasteiger partial charge in [0, 0.05) is 0 Å². The Morgan fingerprint density at radius 1 is 0.880 bits per heavy atom. The molecule has 4 heteroatoms. The number of carbonyl (C=O) groups excluding carboxylic acids is 1. The summed E-state index contributed by atoms with van der Waals surface area (Å²) in [4.78, 5) is 12.4. The zero-order chi connectivity index (χ0) is 17.5. The van der Waals surface area contributed by atoms with Crippen LogP contribution in [0.4, 0.5) is 5.69 Å². The van der Waals surface area contributed by atoms with E-state index in [-0.39, 0.29) is 5.91 Å². The summed E-state index contributed by atoms with van der Waals surface area (Å²) in [6, 6.07) is 25.8. The van der Waals surface area contributed by atoms with Crippen molar-refractivity contribution in [2.45, 2.75) is 12.5 Å². The first-order valence-corrected chi connectivity index (χ1v) is 8.14. The minimum absolute atomic E-state index is 0.243. The van der Waals surface area contributed by atoms with Crippen molar-refractivity contribution < 1.29 is 9.53 Å². The first kappa shape index (κ1) is 16.7. The van der Waals surface area contributed by atoms with Crippen molar-refractivity contribution in [3.8, 4) is 11.5 Å². The molecular weight excluding hydrogens is 312 g/mol. The van der Waals surface area contributed by atoms with Crippen LogP contribution in [0.15, 0.2) is 84.9 Å². The second-order valence-electron chi connectivity index (χ2n) is 5.70. The Labute approximate surface area is 147 Å². The molecular formula is C21H20N2O2. The lowest BCUT2D eigenvalue weighted by molar-refractivity contribution is -0.117. The van der Waals surface area contributed by atoms with Crippen molar-refractivity contribution in [2.24, 2.45) is 5.73 Å². The summed E-state index contributed by atoms with van der Waals surface area (Å²) in [5, 5.41) is 2.86. The predicted molar refractivity (Wildman–Crippen MR) is 99.7 cm³/mol. The van der Waals surface area contributed by atoms with Gasteiger partial charge in [0.15, 0.2) is 5.75 Å². The van der Waals surface area contributed by atoms with Crippen LogP contribution in [0.3, 0.4) is 0 Å². The molecule has 0 spiro atoms. The Bertz CT molecular complexity index is 820. The van der Waals surface area contributed by atoms with E-state index >= 15 is 0 Å². The second-order valence-corrected chi connectivity index (χ2v) is 5.70. The molecule has 0 aliphatic carbocycles. The van der Waals surface area contributed by atoms with E-state index in [0.29, 0.717) is 23.6 Å². The molecule has 4 nitrogen and oxygen atoms in total. The molecule has 0 aromatic heterocycles. The summed E-state index contributed by atoms with van der Waals surface area (Å²) >= 11 is 0. The number of nitrogens with one attached hydrogen (secondary N) is 1. The molecule has 0 unspecified atom stereocenters. The lowest BCUT2D eigenvalue weighted by atomic mass is 10.1. The minimum atomic E-state index is -0.632. The van der Waals surface area contributed by atoms with Crippen molar-refractivity contribution >= 4 is 11.6 Å². The van der Waals surface area contributed by atoms with Crippen molar-refractivity contribution in [1.29, 1.82) is 0 Å². The van der Waals surface area contributed by atoms with Gasteiger partial charge >= 0.3 is 0 Å². The van der Waals surface area contributed by atoms with Crippen molar-refractivity contribution in [3.63, 3.8) is 0 Å². The molecule has 0 radical (unpaired) electrons. The maximum Gasteiger partial charge on any atom is 0.241 e. The zero-order valence-electron chi connectivity index (χ0n) is 13.8. The fraction of sp³-hybridized carbons (Fsp3) is 0.0952. The molecule has 1 amide bonds. The molecule has 3 rings (SSSR count). The smallest absolute Gasteiger partial charge is 0.241 e. The van der Waals surface area contributed by atoms with Crippen LogP contribution in [0, 0.1) is 0 Å². The van der Waals surface area contributed by atoms with Gasteiger partial charge < -0.3 is 15.8 Å². The highest BCUT2D eigenvalue weighted by atomic mass is 16.5. The van der Waals surface area contributed by atoms with E-state index in [9.17, 15) is 4.79 Å². The van der Waals surface area contributed by atoms with Crippen LogP contribution in [0.25, 0.3) is 0 Å². The van der Waals surface area contributed by atoms with Crippen molar-refractivity contribution in [1.82, 2.24) is 0 Å². The Morgan fingerprint density at radius 2 is 1.48 bits per heavy atom. The van der Waals surface area contributed by atoms with Crippen LogP contribution in [-0.2, 0) is 11.2 Å². The van der Waals surface area contributed by atoms with Gasteiger partial charge in [-0.25, -0.2) is 0 Å². The summed E-state index contributed by atoms with van der Waals surface area (Å²) in [5.41, 5.74) is 7.67. The number of para-hydroxylation sites is 3. The second kappa shape index (κ2) is 8.13. The number of benzene rings is 3. The monoisotopic (exact) mass is 332 g/mol. The number of amides is 1. The predicted octanol–water partition coefficient (Wildman–Crippen LogP) is 3.99. The average molecular weight is 332 g/mol. The van der Waals surface area contributed by atoms with Gasteiger partial charge in [-0.1, -0.05) is 60.7 Å². The third-order valence-electron chi connectivity index (χ3n) is 3.75. The van der Waals surface area contributed by atoms with Gasteiger partial charge in [0.25, 0.3) is 0 Å². The van der Waals surface area contributed by atoms with E-state index < -0.39 is 6.04 Å². The highest BCUT2D eigenvalue weighted by Gasteiger charge is 2.16. The Kier molecular flexibility index (Phi) is 5.44. The number of ether oxygens (including phenoxy) is 1. The molecule has 0 bridgehead atoms. The molecule has 0 aliphatic heterocycles. The third kappa shape index (κ3) is 4.68. The standard InChI is InChI=1S/C21H20N2O2/c22-18(15-16-9-3-1-4-10-16)21(24)23-19-13-7-8-14-20(19)25-17-11-5-2-6-12-17/h1-14,18H,15,22H2,(H,23,24)/t18-/m0/s1. The highest BCUT2D eigenvalue weighted by molar-refractivity contribution is 5.96. The van der Waals surface area contributed by atoms with E-state index in [4.69, 9.17) is 10.5 Å². The molecule has 0 saturated heterocycles. The third-order valence-corrected chi connectivity index (χ3v) is 3.75. The van der Waals surface area contributed by atoms with Crippen molar-refractivity contribution in [3.05, 3.63) is 90.5 Å². The van der Waals surface area contributed by atoms with Crippen LogP contribution in [-0.4, -0.2) is 11.9 Å². The van der Waals surface area contributed by atoms with Gasteiger partial charge in [0.1, 0.15) is 5.75 Å². The number of hydrogen-bond acceptors (Lipinski definition) is 3. The molecule has 25 heavy (non-hydrogen) atoms. The van der Waals surface area contributed by atoms with Crippen LogP contribution < -0.4 is 15.8 Å². The van der Waals surface area contributed by atoms with Crippen molar-refractivity contribution in [2.75, 3.05) is 5.32 Å². The van der Waals surface area contributed by atoms with Crippen LogP contribution >= 0.6 is 0 Å². The maximum absolute atomic E-state index is 12.4. The van der Waals surface area contributed by atoms with E-state index in [1.165, 1.54) is 0 Å². The molecule has 126 valence electrons. The number of carbonyl (C=O) groups is 1. The molecule has 0 fully saturated rings. The molecule has 1 atom stereocenters. The number of hydrogen-bond donors (Lipinski definition) is 2. The van der Waals surface area contributed by atoms with E-state index in [2.05, 4.69) is 5.32 Å². The lowest BCUT2D eigenvalue weighted by Crippen LogP contribution is -2.37. The van der Waals surface area contributed by atoms with Gasteiger partial charge in [-0.2, -0.15) is 0 Å². The summed E-state index contributed by atoms with van der Waals surface area (Å²) in [6.45, 7) is 0. The minimum Gasteiger partial charge on any atom is -0.455 e. The summed E-state index contributed by atoms with van der Waals surface area (Å²) in [7, 11) is 0. The number of anilines is 1. The zero-order valence-corrected chi connectivity index (χ0v) is 13.8. The summed E-state index contributed by atoms with van der Waals surface area (Å²) < 4.78 is 5.85. The van der Waals surface area contributed by atoms with Crippen LogP contribution in [0.1, 0.15) is 5.56 Å². The normalized spacial score (nSPS) is 11.6. The fourth-order valence-corrected chi connectivity index (χ4v) is 2.46. The Balaban J connectivity index is 1.69. The number of rotatable bonds is 6. The van der Waals surface area contributed by atoms with E-state index in [0.717, 1.165) is 5.56 Å². The fourth-order valence-electron chi connectivity index (χ4n) is 2.46. The van der Waals surface area contributed by atoms with E-state index in [1.807, 2.05) is 78.9 Å². The molecule has 3 N–H and O–H groups in total. The first-order chi connectivity index (χ1) is 12.2. The Hall–Kier alpha value is -3.11. The molecule has 0 aliphatic rings. The first-order valence-electron chi connectivity index (χ1n) is 8.14. The molecule has 0 saturated carbocycles. The quantitative estimate of drug-likeness (QED) is 0.717. The van der Waals surface area contributed by atoms with Crippen LogP contribution in [0.2, 0.25) is 0 Å². The van der Waals surface area contributed by atoms with Gasteiger partial charge in [-0.15, -0.1) is 0 Å². The lowest BCUT2D eigenvalue weighted by Gasteiger charge is -2.15. The molecule has 0 heterocycles. The van der Waals surface area contributed by atoms with Gasteiger partial charge in [0.05, 0.1) is 11.7 Å². The topological polar surface area (TPSA) is 64.4 Å². The van der Waals surface area contributed by atoms with Crippen LogP contribution in [0.5, 0.6) is 11.5 Å². The van der Waals surface area contributed by atoms with E-state index in [1.54, 1.807) is 6.07 Å². The average Bonchev–Trinajstić information content (AvgIpc) is 2.65. The molecule has 3 aromatic rings. The summed E-state index contributed by atoms with van der Waals surface area (Å²) in [5.74, 6) is 1.04. The molecule has 3 aromatic carbocycles. The SMILES string of the molecule is N[C@@H](Cc1ccccc1)C(=O)Nc1ccccc1Oc1ccccc1. The van der Waals surface area contributed by atoms with Gasteiger partial charge in [-0.3, -0.25) is 4.79 Å². The maximum atomic E-state index is 12.4. The number of nitrogens with two attached hydrogens (primary N) is 1. The van der Waals surface area contributed by atoms with Gasteiger partial charge in [-0.05, 0) is 36.2 Å². The largest absolute Gasteiger partial charge is 0.455 e. The highest BCUT2D eigenvalue weighted by Crippen LogP contribution is 2.29. The summed E-state index contributed by atoms with van der Waals surface area (Å²) in [6.07, 6.45) is 0.481. The van der Waals surface area contributed by atoms with Gasteiger partial charge in [0.2, 0.25) is 5.91 Å².